The number of likely N-dealkylation sites (N-methyl/N-ethyl adjacent to an activating group) is 1. The lowest BCUT2D eigenvalue weighted by Gasteiger charge is -2.32. The van der Waals surface area contributed by atoms with Gasteiger partial charge in [-0.2, -0.15) is 0 Å². The third-order valence-electron chi connectivity index (χ3n) is 3.00. The van der Waals surface area contributed by atoms with Gasteiger partial charge in [-0.15, -0.1) is 0 Å². The predicted molar refractivity (Wildman–Crippen MR) is 75.5 cm³/mol. The quantitative estimate of drug-likeness (QED) is 0.815. The zero-order valence-corrected chi connectivity index (χ0v) is 12.2. The van der Waals surface area contributed by atoms with Crippen LogP contribution in [0.5, 0.6) is 0 Å². The van der Waals surface area contributed by atoms with Gasteiger partial charge in [0, 0.05) is 43.3 Å². The van der Waals surface area contributed by atoms with Crippen LogP contribution in [0.4, 0.5) is 4.39 Å². The lowest BCUT2D eigenvalue weighted by atomic mass is 10.2. The van der Waals surface area contributed by atoms with E-state index < -0.39 is 0 Å². The van der Waals surface area contributed by atoms with Crippen molar-refractivity contribution in [2.24, 2.45) is 0 Å². The normalized spacial score (nSPS) is 17.2. The van der Waals surface area contributed by atoms with Crippen LogP contribution >= 0.6 is 11.6 Å². The van der Waals surface area contributed by atoms with Crippen LogP contribution in [0.2, 0.25) is 5.02 Å². The van der Waals surface area contributed by atoms with Gasteiger partial charge in [-0.25, -0.2) is 4.39 Å². The third kappa shape index (κ3) is 4.56. The molecule has 0 aliphatic carbocycles. The highest BCUT2D eigenvalue weighted by Gasteiger charge is 2.15. The number of halogens is 2. The largest absolute Gasteiger partial charge is 0.304 e. The van der Waals surface area contributed by atoms with E-state index in [4.69, 9.17) is 11.6 Å². The van der Waals surface area contributed by atoms with Crippen molar-refractivity contribution in [2.45, 2.75) is 20.4 Å². The summed E-state index contributed by atoms with van der Waals surface area (Å²) in [5, 5.41) is 0.458. The van der Waals surface area contributed by atoms with Crippen LogP contribution in [-0.2, 0) is 6.54 Å². The Balaban J connectivity index is 0.000000771. The van der Waals surface area contributed by atoms with Crippen molar-refractivity contribution in [2.75, 3.05) is 33.2 Å². The molecular formula is C14H22ClFN2. The second-order valence-corrected chi connectivity index (χ2v) is 4.75. The molecule has 0 unspecified atom stereocenters. The molecule has 1 saturated heterocycles. The summed E-state index contributed by atoms with van der Waals surface area (Å²) >= 11 is 5.72. The van der Waals surface area contributed by atoms with E-state index in [0.717, 1.165) is 31.7 Å². The lowest BCUT2D eigenvalue weighted by molar-refractivity contribution is 0.147. The zero-order valence-electron chi connectivity index (χ0n) is 11.4. The molecule has 0 amide bonds. The molecule has 18 heavy (non-hydrogen) atoms. The highest BCUT2D eigenvalue weighted by atomic mass is 35.5. The predicted octanol–water partition coefficient (Wildman–Crippen LogP) is 3.25. The molecule has 0 spiro atoms. The van der Waals surface area contributed by atoms with Crippen molar-refractivity contribution in [3.63, 3.8) is 0 Å². The van der Waals surface area contributed by atoms with Crippen LogP contribution < -0.4 is 0 Å². The highest BCUT2D eigenvalue weighted by Crippen LogP contribution is 2.16. The van der Waals surface area contributed by atoms with E-state index in [-0.39, 0.29) is 5.82 Å². The number of rotatable bonds is 2. The molecule has 0 aromatic heterocycles. The summed E-state index contributed by atoms with van der Waals surface area (Å²) in [6.07, 6.45) is 0. The second kappa shape index (κ2) is 7.72. The van der Waals surface area contributed by atoms with Crippen LogP contribution in [-0.4, -0.2) is 43.0 Å². The van der Waals surface area contributed by atoms with E-state index in [0.29, 0.717) is 11.6 Å². The Bertz CT molecular complexity index is 363. The smallest absolute Gasteiger partial charge is 0.129 e. The minimum absolute atomic E-state index is 0.202. The van der Waals surface area contributed by atoms with Gasteiger partial charge in [0.1, 0.15) is 5.82 Å². The minimum Gasteiger partial charge on any atom is -0.304 e. The molecule has 0 N–H and O–H groups in total. The summed E-state index contributed by atoms with van der Waals surface area (Å²) in [6.45, 7) is 8.78. The summed E-state index contributed by atoms with van der Waals surface area (Å²) in [5.41, 5.74) is 0.731. The van der Waals surface area contributed by atoms with Crippen molar-refractivity contribution in [3.05, 3.63) is 34.6 Å². The maximum Gasteiger partial charge on any atom is 0.129 e. The Morgan fingerprint density at radius 1 is 1.17 bits per heavy atom. The monoisotopic (exact) mass is 272 g/mol. The van der Waals surface area contributed by atoms with Crippen LogP contribution in [0.3, 0.4) is 0 Å². The molecule has 1 aliphatic heterocycles. The van der Waals surface area contributed by atoms with Crippen molar-refractivity contribution < 1.29 is 4.39 Å². The minimum atomic E-state index is -0.202. The van der Waals surface area contributed by atoms with Gasteiger partial charge in [0.05, 0.1) is 0 Å². The van der Waals surface area contributed by atoms with E-state index in [2.05, 4.69) is 16.8 Å². The summed E-state index contributed by atoms with van der Waals surface area (Å²) in [6, 6.07) is 4.90. The zero-order chi connectivity index (χ0) is 13.5. The van der Waals surface area contributed by atoms with Crippen molar-refractivity contribution in [1.29, 1.82) is 0 Å². The van der Waals surface area contributed by atoms with Gasteiger partial charge in [-0.3, -0.25) is 4.90 Å². The summed E-state index contributed by atoms with van der Waals surface area (Å²) in [5.74, 6) is -0.202. The molecule has 1 aromatic rings. The summed E-state index contributed by atoms with van der Waals surface area (Å²) in [4.78, 5) is 4.56. The maximum atomic E-state index is 13.6. The Hall–Kier alpha value is -0.640. The Kier molecular flexibility index (Phi) is 6.61. The SMILES string of the molecule is CC.CN1CCN(Cc2ccc(Cl)cc2F)CC1. The molecule has 0 radical (unpaired) electrons. The molecule has 4 heteroatoms. The highest BCUT2D eigenvalue weighted by molar-refractivity contribution is 6.30. The van der Waals surface area contributed by atoms with Gasteiger partial charge >= 0.3 is 0 Å². The maximum absolute atomic E-state index is 13.6. The van der Waals surface area contributed by atoms with Crippen molar-refractivity contribution >= 4 is 11.6 Å². The average Bonchev–Trinajstić information content (AvgIpc) is 2.38. The standard InChI is InChI=1S/C12H16ClFN2.C2H6/c1-15-4-6-16(7-5-15)9-10-2-3-11(13)8-12(10)14;1-2/h2-3,8H,4-7,9H2,1H3;1-2H3. The molecule has 102 valence electrons. The summed E-state index contributed by atoms with van der Waals surface area (Å²) < 4.78 is 13.6. The molecule has 2 rings (SSSR count). The lowest BCUT2D eigenvalue weighted by Crippen LogP contribution is -2.43. The number of benzene rings is 1. The van der Waals surface area contributed by atoms with Gasteiger partial charge in [0.15, 0.2) is 0 Å². The van der Waals surface area contributed by atoms with Crippen LogP contribution in [0.1, 0.15) is 19.4 Å². The first-order chi connectivity index (χ1) is 8.65. The first-order valence-electron chi connectivity index (χ1n) is 6.50. The van der Waals surface area contributed by atoms with Gasteiger partial charge in [-0.05, 0) is 19.2 Å². The van der Waals surface area contributed by atoms with Crippen molar-refractivity contribution in [3.8, 4) is 0 Å². The molecular weight excluding hydrogens is 251 g/mol. The van der Waals surface area contributed by atoms with E-state index >= 15 is 0 Å². The van der Waals surface area contributed by atoms with Crippen LogP contribution in [0.15, 0.2) is 18.2 Å². The average molecular weight is 273 g/mol. The topological polar surface area (TPSA) is 6.48 Å². The molecule has 0 saturated carbocycles. The van der Waals surface area contributed by atoms with E-state index in [1.165, 1.54) is 6.07 Å². The fourth-order valence-electron chi connectivity index (χ4n) is 1.90. The molecule has 1 aromatic carbocycles. The van der Waals surface area contributed by atoms with Crippen LogP contribution in [0, 0.1) is 5.82 Å². The molecule has 0 atom stereocenters. The molecule has 1 fully saturated rings. The first kappa shape index (κ1) is 15.4. The van der Waals surface area contributed by atoms with E-state index in [9.17, 15) is 4.39 Å². The second-order valence-electron chi connectivity index (χ2n) is 4.32. The third-order valence-corrected chi connectivity index (χ3v) is 3.24. The fraction of sp³-hybridized carbons (Fsp3) is 0.571. The molecule has 0 bridgehead atoms. The molecule has 1 aliphatic rings. The molecule has 2 nitrogen and oxygen atoms in total. The van der Waals surface area contributed by atoms with E-state index in [1.807, 2.05) is 13.8 Å². The van der Waals surface area contributed by atoms with Gasteiger partial charge in [0.25, 0.3) is 0 Å². The van der Waals surface area contributed by atoms with E-state index in [1.54, 1.807) is 12.1 Å². The summed E-state index contributed by atoms with van der Waals surface area (Å²) in [7, 11) is 2.11. The number of hydrogen-bond acceptors (Lipinski definition) is 2. The Morgan fingerprint density at radius 2 is 1.78 bits per heavy atom. The fourth-order valence-corrected chi connectivity index (χ4v) is 2.06. The molecule has 1 heterocycles. The number of piperazine rings is 1. The Labute approximate surface area is 114 Å². The number of hydrogen-bond donors (Lipinski definition) is 0. The van der Waals surface area contributed by atoms with Crippen LogP contribution in [0.25, 0.3) is 0 Å². The Morgan fingerprint density at radius 3 is 2.33 bits per heavy atom. The number of nitrogens with zero attached hydrogens (tertiary/aromatic N) is 2. The van der Waals surface area contributed by atoms with Gasteiger partial charge in [0.2, 0.25) is 0 Å². The van der Waals surface area contributed by atoms with Gasteiger partial charge in [-0.1, -0.05) is 31.5 Å². The van der Waals surface area contributed by atoms with Crippen molar-refractivity contribution in [1.82, 2.24) is 9.80 Å². The van der Waals surface area contributed by atoms with Gasteiger partial charge < -0.3 is 4.90 Å². The first-order valence-corrected chi connectivity index (χ1v) is 6.88.